The van der Waals surface area contributed by atoms with Crippen LogP contribution in [0.1, 0.15) is 19.3 Å². The molecule has 3 aromatic heterocycles. The first kappa shape index (κ1) is 20.4. The number of nitrogens with one attached hydrogen (secondary N) is 1. The summed E-state index contributed by atoms with van der Waals surface area (Å²) in [5, 5.41) is 1.21. The summed E-state index contributed by atoms with van der Waals surface area (Å²) in [4.78, 5) is 27.2. The summed E-state index contributed by atoms with van der Waals surface area (Å²) in [5.41, 5.74) is 6.64. The van der Waals surface area contributed by atoms with E-state index in [0.717, 1.165) is 66.8 Å². The van der Waals surface area contributed by atoms with Gasteiger partial charge in [-0.1, -0.05) is 30.3 Å². The van der Waals surface area contributed by atoms with Crippen LogP contribution < -0.4 is 0 Å². The molecule has 2 aliphatic rings. The number of benzene rings is 2. The van der Waals surface area contributed by atoms with Crippen LogP contribution in [0.5, 0.6) is 0 Å². The third-order valence-electron chi connectivity index (χ3n) is 7.55. The quantitative estimate of drug-likeness (QED) is 0.376. The minimum Gasteiger partial charge on any atom is -0.361 e. The highest BCUT2D eigenvalue weighted by atomic mass is 16.2. The Morgan fingerprint density at radius 3 is 2.66 bits per heavy atom. The molecule has 1 aliphatic carbocycles. The van der Waals surface area contributed by atoms with Gasteiger partial charge in [-0.25, -0.2) is 4.98 Å². The van der Waals surface area contributed by atoms with E-state index >= 15 is 0 Å². The molecule has 174 valence electrons. The topological polar surface area (TPSA) is 66.8 Å². The van der Waals surface area contributed by atoms with Crippen LogP contribution in [0, 0.1) is 11.8 Å². The maximum absolute atomic E-state index is 12.6. The molecular weight excluding hydrogens is 434 g/mol. The van der Waals surface area contributed by atoms with E-state index in [1.54, 1.807) is 0 Å². The van der Waals surface area contributed by atoms with Gasteiger partial charge in [0.05, 0.1) is 11.7 Å². The number of carbonyl (C=O) groups is 1. The lowest BCUT2D eigenvalue weighted by Crippen LogP contribution is -2.30. The molecule has 0 radical (unpaired) electrons. The van der Waals surface area contributed by atoms with Crippen LogP contribution in [0.3, 0.4) is 0 Å². The average molecular weight is 462 g/mol. The van der Waals surface area contributed by atoms with Gasteiger partial charge in [0.15, 0.2) is 0 Å². The Labute approximate surface area is 203 Å². The first-order chi connectivity index (χ1) is 17.2. The van der Waals surface area contributed by atoms with Crippen molar-refractivity contribution in [3.8, 4) is 22.5 Å². The van der Waals surface area contributed by atoms with Crippen LogP contribution in [0.15, 0.2) is 73.2 Å². The largest absolute Gasteiger partial charge is 0.361 e. The number of imidazole rings is 1. The Balaban J connectivity index is 1.19. The number of nitrogens with zero attached hydrogens (tertiary/aromatic N) is 4. The number of amides is 1. The number of pyridine rings is 1. The highest BCUT2D eigenvalue weighted by Crippen LogP contribution is 2.34. The van der Waals surface area contributed by atoms with Crippen molar-refractivity contribution in [1.82, 2.24) is 24.4 Å². The summed E-state index contributed by atoms with van der Waals surface area (Å²) in [6.45, 7) is 2.58. The van der Waals surface area contributed by atoms with E-state index in [1.165, 1.54) is 16.5 Å². The molecule has 6 heteroatoms. The molecule has 7 rings (SSSR count). The molecule has 1 amide bonds. The molecule has 6 nitrogen and oxygen atoms in total. The van der Waals surface area contributed by atoms with E-state index in [4.69, 9.17) is 4.98 Å². The molecule has 2 fully saturated rings. The lowest BCUT2D eigenvalue weighted by Gasteiger charge is -2.18. The highest BCUT2D eigenvalue weighted by molar-refractivity contribution is 5.86. The standard InChI is InChI=1S/C29H27N5O/c35-29(22-5-6-22)33-14-11-19(17-33)18-34-27-10-12-30-16-26(27)32-28(34)21-3-1-20(2-4-21)23-7-8-25-24(15-23)9-13-31-25/h1-4,7-10,12-13,15-16,19,22,31H,5-6,11,14,17-18H2. The van der Waals surface area contributed by atoms with E-state index < -0.39 is 0 Å². The van der Waals surface area contributed by atoms with Gasteiger partial charge in [0, 0.05) is 49.0 Å². The van der Waals surface area contributed by atoms with E-state index in [-0.39, 0.29) is 0 Å². The molecule has 1 N–H and O–H groups in total. The van der Waals surface area contributed by atoms with Crippen LogP contribution in [0.2, 0.25) is 0 Å². The second-order valence-corrected chi connectivity index (χ2v) is 9.98. The zero-order valence-corrected chi connectivity index (χ0v) is 19.5. The Morgan fingerprint density at radius 1 is 0.971 bits per heavy atom. The number of hydrogen-bond acceptors (Lipinski definition) is 3. The molecular formula is C29H27N5O. The van der Waals surface area contributed by atoms with Gasteiger partial charge in [-0.05, 0) is 66.0 Å². The molecule has 5 aromatic rings. The van der Waals surface area contributed by atoms with Crippen molar-refractivity contribution in [3.05, 3.63) is 73.2 Å². The molecule has 1 saturated heterocycles. The normalized spacial score (nSPS) is 18.1. The molecule has 35 heavy (non-hydrogen) atoms. The zero-order valence-electron chi connectivity index (χ0n) is 19.5. The van der Waals surface area contributed by atoms with E-state index in [0.29, 0.717) is 17.7 Å². The molecule has 0 bridgehead atoms. The van der Waals surface area contributed by atoms with Crippen LogP contribution in [-0.4, -0.2) is 43.4 Å². The second-order valence-electron chi connectivity index (χ2n) is 9.98. The fraction of sp³-hybridized carbons (Fsp3) is 0.276. The van der Waals surface area contributed by atoms with Crippen LogP contribution in [-0.2, 0) is 11.3 Å². The molecule has 1 saturated carbocycles. The lowest BCUT2D eigenvalue weighted by molar-refractivity contribution is -0.131. The monoisotopic (exact) mass is 461 g/mol. The Morgan fingerprint density at radius 2 is 1.80 bits per heavy atom. The van der Waals surface area contributed by atoms with Crippen molar-refractivity contribution < 1.29 is 4.79 Å². The Kier molecular flexibility index (Phi) is 4.72. The number of rotatable bonds is 5. The van der Waals surface area contributed by atoms with Gasteiger partial charge in [0.25, 0.3) is 0 Å². The maximum atomic E-state index is 12.6. The SMILES string of the molecule is O=C(C1CC1)N1CCC(Cn2c(-c3ccc(-c4ccc5[nH]ccc5c4)cc3)nc3cnccc32)C1. The van der Waals surface area contributed by atoms with Gasteiger partial charge < -0.3 is 14.5 Å². The van der Waals surface area contributed by atoms with Gasteiger partial charge in [-0.15, -0.1) is 0 Å². The minimum atomic E-state index is 0.293. The molecule has 1 unspecified atom stereocenters. The number of fused-ring (bicyclic) bond motifs is 2. The summed E-state index contributed by atoms with van der Waals surface area (Å²) < 4.78 is 2.33. The van der Waals surface area contributed by atoms with Gasteiger partial charge >= 0.3 is 0 Å². The highest BCUT2D eigenvalue weighted by Gasteiger charge is 2.36. The van der Waals surface area contributed by atoms with Gasteiger partial charge in [-0.3, -0.25) is 9.78 Å². The van der Waals surface area contributed by atoms with E-state index in [2.05, 4.69) is 68.0 Å². The predicted molar refractivity (Wildman–Crippen MR) is 138 cm³/mol. The van der Waals surface area contributed by atoms with Gasteiger partial charge in [0.2, 0.25) is 5.91 Å². The first-order valence-electron chi connectivity index (χ1n) is 12.5. The summed E-state index contributed by atoms with van der Waals surface area (Å²) in [5.74, 6) is 2.06. The van der Waals surface area contributed by atoms with Gasteiger partial charge in [-0.2, -0.15) is 0 Å². The predicted octanol–water partition coefficient (Wildman–Crippen LogP) is 5.51. The first-order valence-corrected chi connectivity index (χ1v) is 12.5. The number of aromatic amines is 1. The third kappa shape index (κ3) is 3.70. The molecule has 1 aliphatic heterocycles. The van der Waals surface area contributed by atoms with Crippen LogP contribution >= 0.6 is 0 Å². The molecule has 0 spiro atoms. The number of likely N-dealkylation sites (tertiary alicyclic amines) is 1. The smallest absolute Gasteiger partial charge is 0.225 e. The summed E-state index contributed by atoms with van der Waals surface area (Å²) in [6, 6.07) is 19.3. The summed E-state index contributed by atoms with van der Waals surface area (Å²) >= 11 is 0. The van der Waals surface area contributed by atoms with Crippen molar-refractivity contribution in [2.75, 3.05) is 13.1 Å². The zero-order chi connectivity index (χ0) is 23.4. The summed E-state index contributed by atoms with van der Waals surface area (Å²) in [7, 11) is 0. The van der Waals surface area contributed by atoms with Crippen LogP contribution in [0.25, 0.3) is 44.5 Å². The fourth-order valence-corrected chi connectivity index (χ4v) is 5.46. The number of H-pyrrole nitrogens is 1. The van der Waals surface area contributed by atoms with Gasteiger partial charge in [0.1, 0.15) is 11.3 Å². The van der Waals surface area contributed by atoms with Crippen molar-refractivity contribution in [1.29, 1.82) is 0 Å². The fourth-order valence-electron chi connectivity index (χ4n) is 5.46. The van der Waals surface area contributed by atoms with Crippen LogP contribution in [0.4, 0.5) is 0 Å². The van der Waals surface area contributed by atoms with Crippen molar-refractivity contribution in [2.45, 2.75) is 25.8 Å². The lowest BCUT2D eigenvalue weighted by atomic mass is 10.0. The maximum Gasteiger partial charge on any atom is 0.225 e. The number of aromatic nitrogens is 4. The van der Waals surface area contributed by atoms with E-state index in [9.17, 15) is 4.79 Å². The van der Waals surface area contributed by atoms with Crippen molar-refractivity contribution >= 4 is 27.8 Å². The average Bonchev–Trinajstić information content (AvgIpc) is 3.30. The second kappa shape index (κ2) is 8.08. The minimum absolute atomic E-state index is 0.293. The molecule has 1 atom stereocenters. The Hall–Kier alpha value is -3.93. The summed E-state index contributed by atoms with van der Waals surface area (Å²) in [6.07, 6.45) is 8.83. The number of carbonyl (C=O) groups excluding carboxylic acids is 1. The van der Waals surface area contributed by atoms with E-state index in [1.807, 2.05) is 24.7 Å². The number of hydrogen-bond donors (Lipinski definition) is 1. The van der Waals surface area contributed by atoms with Crippen molar-refractivity contribution in [3.63, 3.8) is 0 Å². The Bertz CT molecular complexity index is 1540. The third-order valence-corrected chi connectivity index (χ3v) is 7.55. The molecule has 4 heterocycles. The van der Waals surface area contributed by atoms with Crippen molar-refractivity contribution in [2.24, 2.45) is 11.8 Å². The molecule has 2 aromatic carbocycles.